The monoisotopic (exact) mass is 323 g/mol. The van der Waals surface area contributed by atoms with Gasteiger partial charge in [0.05, 0.1) is 5.56 Å². The van der Waals surface area contributed by atoms with Gasteiger partial charge in [-0.1, -0.05) is 0 Å². The summed E-state index contributed by atoms with van der Waals surface area (Å²) >= 11 is 1.64. The summed E-state index contributed by atoms with van der Waals surface area (Å²) in [6, 6.07) is 4.08. The Morgan fingerprint density at radius 3 is 3.00 bits per heavy atom. The molecule has 0 radical (unpaired) electrons. The van der Waals surface area contributed by atoms with Crippen molar-refractivity contribution in [1.82, 2.24) is 4.98 Å². The van der Waals surface area contributed by atoms with Gasteiger partial charge in [-0.25, -0.2) is 13.4 Å². The molecule has 0 amide bonds. The van der Waals surface area contributed by atoms with Crippen LogP contribution in [0.15, 0.2) is 6.07 Å². The van der Waals surface area contributed by atoms with Crippen LogP contribution in [0.1, 0.15) is 23.2 Å². The highest BCUT2D eigenvalue weighted by Crippen LogP contribution is 2.31. The number of pyridine rings is 1. The first-order valence-corrected chi connectivity index (χ1v) is 10.1. The van der Waals surface area contributed by atoms with E-state index in [-0.39, 0.29) is 0 Å². The van der Waals surface area contributed by atoms with Crippen LogP contribution >= 0.6 is 11.8 Å². The van der Waals surface area contributed by atoms with Crippen molar-refractivity contribution in [2.75, 3.05) is 29.2 Å². The van der Waals surface area contributed by atoms with Gasteiger partial charge in [-0.05, 0) is 30.9 Å². The number of nitrogens with zero attached hydrogens (tertiary/aromatic N) is 3. The molecule has 1 aromatic rings. The van der Waals surface area contributed by atoms with Gasteiger partial charge in [-0.3, -0.25) is 0 Å². The molecule has 2 heterocycles. The molecule has 0 spiro atoms. The molecular formula is C14H17N3O2S2. The molecule has 1 fully saturated rings. The Kier molecular flexibility index (Phi) is 3.84. The highest BCUT2D eigenvalue weighted by Gasteiger charge is 2.34. The number of aromatic nitrogens is 1. The molecule has 1 atom stereocenters. The summed E-state index contributed by atoms with van der Waals surface area (Å²) in [6.45, 7) is 0.614. The summed E-state index contributed by atoms with van der Waals surface area (Å²) in [6.07, 6.45) is 4.20. The predicted molar refractivity (Wildman–Crippen MR) is 84.3 cm³/mol. The van der Waals surface area contributed by atoms with Gasteiger partial charge in [0, 0.05) is 30.0 Å². The van der Waals surface area contributed by atoms with E-state index in [1.54, 1.807) is 11.8 Å². The first-order chi connectivity index (χ1) is 10.0. The second-order valence-electron chi connectivity index (χ2n) is 5.48. The molecule has 0 N–H and O–H groups in total. The Morgan fingerprint density at radius 2 is 2.29 bits per heavy atom. The number of thioether (sulfide) groups is 1. The molecule has 7 heteroatoms. The van der Waals surface area contributed by atoms with Gasteiger partial charge in [-0.2, -0.15) is 17.0 Å². The van der Waals surface area contributed by atoms with Gasteiger partial charge in [0.1, 0.15) is 17.3 Å². The second kappa shape index (κ2) is 5.50. The van der Waals surface area contributed by atoms with Crippen LogP contribution in [0, 0.1) is 11.3 Å². The summed E-state index contributed by atoms with van der Waals surface area (Å²) in [5, 5.41) is 8.81. The molecular weight excluding hydrogens is 306 g/mol. The first-order valence-electron chi connectivity index (χ1n) is 6.97. The van der Waals surface area contributed by atoms with E-state index >= 15 is 0 Å². The third-order valence-corrected chi connectivity index (χ3v) is 6.65. The van der Waals surface area contributed by atoms with Crippen LogP contribution in [0.3, 0.4) is 0 Å². The molecule has 5 nitrogen and oxygen atoms in total. The fraction of sp³-hybridized carbons (Fsp3) is 0.571. The Morgan fingerprint density at radius 1 is 1.48 bits per heavy atom. The lowest BCUT2D eigenvalue weighted by atomic mass is 10.1. The molecule has 0 bridgehead atoms. The molecule has 0 saturated carbocycles. The number of sulfone groups is 1. The Bertz CT molecular complexity index is 710. The molecule has 1 aromatic heterocycles. The number of aryl methyl sites for hydroxylation is 2. The predicted octanol–water partition coefficient (Wildman–Crippen LogP) is 1.37. The van der Waals surface area contributed by atoms with Crippen LogP contribution < -0.4 is 4.90 Å². The number of fused-ring (bicyclic) bond motifs is 1. The summed E-state index contributed by atoms with van der Waals surface area (Å²) in [7, 11) is -3.21. The van der Waals surface area contributed by atoms with Gasteiger partial charge in [0.15, 0.2) is 9.84 Å². The largest absolute Gasteiger partial charge is 0.337 e. The topological polar surface area (TPSA) is 74.1 Å². The van der Waals surface area contributed by atoms with Crippen molar-refractivity contribution in [3.05, 3.63) is 22.9 Å². The smallest absolute Gasteiger partial charge is 0.169 e. The first kappa shape index (κ1) is 14.7. The number of hydrogen-bond acceptors (Lipinski definition) is 6. The normalized spacial score (nSPS) is 21.9. The summed E-state index contributed by atoms with van der Waals surface area (Å²) in [4.78, 5) is 6.45. The summed E-state index contributed by atoms with van der Waals surface area (Å²) < 4.78 is 24.1. The summed E-state index contributed by atoms with van der Waals surface area (Å²) in [5.74, 6) is 1.94. The van der Waals surface area contributed by atoms with Crippen molar-refractivity contribution < 1.29 is 8.42 Å². The minimum absolute atomic E-state index is 0.496. The molecule has 2 aliphatic rings. The zero-order chi connectivity index (χ0) is 15.0. The maximum absolute atomic E-state index is 12.0. The molecule has 0 aromatic carbocycles. The molecule has 21 heavy (non-hydrogen) atoms. The van der Waals surface area contributed by atoms with Crippen molar-refractivity contribution >= 4 is 27.4 Å². The van der Waals surface area contributed by atoms with E-state index in [0.29, 0.717) is 23.7 Å². The molecule has 1 aliphatic carbocycles. The highest BCUT2D eigenvalue weighted by molar-refractivity contribution is 8.01. The lowest BCUT2D eigenvalue weighted by Gasteiger charge is -2.35. The van der Waals surface area contributed by atoms with Gasteiger partial charge >= 0.3 is 0 Å². The van der Waals surface area contributed by atoms with Crippen LogP contribution in [0.5, 0.6) is 0 Å². The minimum atomic E-state index is -3.21. The van der Waals surface area contributed by atoms with Crippen LogP contribution in [0.25, 0.3) is 0 Å². The molecule has 1 aliphatic heterocycles. The number of hydrogen-bond donors (Lipinski definition) is 0. The zero-order valence-corrected chi connectivity index (χ0v) is 13.5. The molecule has 112 valence electrons. The zero-order valence-electron chi connectivity index (χ0n) is 11.9. The van der Waals surface area contributed by atoms with Crippen LogP contribution in [0.4, 0.5) is 5.82 Å². The van der Waals surface area contributed by atoms with E-state index < -0.39 is 15.2 Å². The van der Waals surface area contributed by atoms with Crippen LogP contribution in [-0.4, -0.2) is 43.1 Å². The summed E-state index contributed by atoms with van der Waals surface area (Å²) in [5.41, 5.74) is 2.66. The maximum atomic E-state index is 12.0. The highest BCUT2D eigenvalue weighted by atomic mass is 32.2. The Balaban J connectivity index is 2.08. The second-order valence-corrected chi connectivity index (χ2v) is 8.84. The quantitative estimate of drug-likeness (QED) is 0.818. The van der Waals surface area contributed by atoms with Crippen molar-refractivity contribution in [1.29, 1.82) is 5.26 Å². The number of anilines is 1. The van der Waals surface area contributed by atoms with Crippen molar-refractivity contribution in [2.24, 2.45) is 0 Å². The van der Waals surface area contributed by atoms with Gasteiger partial charge in [0.2, 0.25) is 0 Å². The fourth-order valence-electron chi connectivity index (χ4n) is 2.94. The van der Waals surface area contributed by atoms with Crippen molar-refractivity contribution in [2.45, 2.75) is 24.6 Å². The van der Waals surface area contributed by atoms with Crippen LogP contribution in [0.2, 0.25) is 0 Å². The van der Waals surface area contributed by atoms with E-state index in [4.69, 9.17) is 0 Å². The van der Waals surface area contributed by atoms with E-state index in [9.17, 15) is 13.7 Å². The lowest BCUT2D eigenvalue weighted by Crippen LogP contribution is -2.47. The SMILES string of the molecule is CS(=O)(=O)C1CSCCN1c1nc2c(cc1C#N)CCC2. The van der Waals surface area contributed by atoms with Gasteiger partial charge in [-0.15, -0.1) is 0 Å². The van der Waals surface area contributed by atoms with E-state index in [1.165, 1.54) is 6.26 Å². The van der Waals surface area contributed by atoms with Crippen molar-refractivity contribution in [3.8, 4) is 6.07 Å². The van der Waals surface area contributed by atoms with E-state index in [0.717, 1.165) is 36.3 Å². The molecule has 1 unspecified atom stereocenters. The van der Waals surface area contributed by atoms with E-state index in [2.05, 4.69) is 11.1 Å². The maximum Gasteiger partial charge on any atom is 0.169 e. The lowest BCUT2D eigenvalue weighted by molar-refractivity contribution is 0.583. The van der Waals surface area contributed by atoms with Crippen molar-refractivity contribution in [3.63, 3.8) is 0 Å². The number of rotatable bonds is 2. The van der Waals surface area contributed by atoms with Crippen LogP contribution in [-0.2, 0) is 22.7 Å². The van der Waals surface area contributed by atoms with Gasteiger partial charge < -0.3 is 4.90 Å². The van der Waals surface area contributed by atoms with E-state index in [1.807, 2.05) is 11.0 Å². The van der Waals surface area contributed by atoms with Gasteiger partial charge in [0.25, 0.3) is 0 Å². The molecule has 1 saturated heterocycles. The average Bonchev–Trinajstić information content (AvgIpc) is 2.92. The minimum Gasteiger partial charge on any atom is -0.337 e. The molecule has 3 rings (SSSR count). The standard InChI is InChI=1S/C14H17N3O2S2/c1-21(18,19)13-9-20-6-5-17(13)14-11(8-15)7-10-3-2-4-12(10)16-14/h7,13H,2-6,9H2,1H3. The fourth-order valence-corrected chi connectivity index (χ4v) is 5.76. The average molecular weight is 323 g/mol. The Labute approximate surface area is 129 Å². The third kappa shape index (κ3) is 2.74. The third-order valence-electron chi connectivity index (χ3n) is 4.00. The Hall–Kier alpha value is -1.26. The number of nitriles is 1.